The van der Waals surface area contributed by atoms with Gasteiger partial charge in [0.2, 0.25) is 0 Å². The lowest BCUT2D eigenvalue weighted by Gasteiger charge is -2.00. The molecule has 1 unspecified atom stereocenters. The van der Waals surface area contributed by atoms with E-state index in [0.717, 1.165) is 27.7 Å². The van der Waals surface area contributed by atoms with E-state index in [0.29, 0.717) is 18.1 Å². The second kappa shape index (κ2) is 6.10. The number of aliphatic hydroxyl groups is 1. The van der Waals surface area contributed by atoms with Gasteiger partial charge in [0, 0.05) is 22.9 Å². The molecule has 7 heteroatoms. The second-order valence-corrected chi connectivity index (χ2v) is 5.99. The van der Waals surface area contributed by atoms with Gasteiger partial charge in [0.15, 0.2) is 11.6 Å². The van der Waals surface area contributed by atoms with E-state index in [1.807, 2.05) is 18.2 Å². The number of nitrogens with zero attached hydrogens (tertiary/aromatic N) is 3. The fraction of sp³-hybridized carbons (Fsp3) is 0.167. The van der Waals surface area contributed by atoms with Gasteiger partial charge in [0.1, 0.15) is 5.82 Å². The van der Waals surface area contributed by atoms with E-state index in [2.05, 4.69) is 25.4 Å². The number of fused-ring (bicyclic) bond motifs is 1. The summed E-state index contributed by atoms with van der Waals surface area (Å²) in [5.74, 6) is 0.913. The molecule has 0 aliphatic carbocycles. The third-order valence-electron chi connectivity index (χ3n) is 3.96. The molecule has 0 aliphatic heterocycles. The Morgan fingerprint density at radius 1 is 1.04 bits per heavy atom. The molecule has 2 aromatic carbocycles. The number of aromatic amines is 2. The molecule has 0 saturated carbocycles. The lowest BCUT2D eigenvalue weighted by Crippen LogP contribution is -2.05. The Morgan fingerprint density at radius 3 is 2.56 bits per heavy atom. The Bertz CT molecular complexity index is 1020. The van der Waals surface area contributed by atoms with Crippen LogP contribution < -0.4 is 0 Å². The number of nitrogens with one attached hydrogen (secondary N) is 2. The first-order valence-corrected chi connectivity index (χ1v) is 7.94. The van der Waals surface area contributed by atoms with Gasteiger partial charge >= 0.3 is 0 Å². The van der Waals surface area contributed by atoms with E-state index in [-0.39, 0.29) is 5.82 Å². The minimum Gasteiger partial charge on any atom is -0.393 e. The molecule has 0 amide bonds. The number of benzene rings is 2. The zero-order chi connectivity index (χ0) is 17.4. The number of hydrogen-bond acceptors (Lipinski definition) is 4. The smallest absolute Gasteiger partial charge is 0.155 e. The van der Waals surface area contributed by atoms with Crippen LogP contribution in [0.5, 0.6) is 0 Å². The molecular formula is C18H16FN5O. The normalized spacial score (nSPS) is 12.6. The largest absolute Gasteiger partial charge is 0.393 e. The van der Waals surface area contributed by atoms with Crippen LogP contribution in [0.3, 0.4) is 0 Å². The number of H-pyrrole nitrogens is 2. The summed E-state index contributed by atoms with van der Waals surface area (Å²) in [4.78, 5) is 4.42. The summed E-state index contributed by atoms with van der Waals surface area (Å²) in [5, 5.41) is 24.7. The SMILES string of the molecule is CC(O)Cc1n[nH]c(-c2ccc3[nH]nc(-c4ccc(F)cc4)c3c2)n1. The second-order valence-electron chi connectivity index (χ2n) is 5.99. The van der Waals surface area contributed by atoms with E-state index in [1.165, 1.54) is 12.1 Å². The fourth-order valence-electron chi connectivity index (χ4n) is 2.77. The summed E-state index contributed by atoms with van der Waals surface area (Å²) in [5.41, 5.74) is 3.33. The maximum Gasteiger partial charge on any atom is 0.155 e. The van der Waals surface area contributed by atoms with Crippen molar-refractivity contribution in [2.45, 2.75) is 19.4 Å². The molecule has 0 spiro atoms. The van der Waals surface area contributed by atoms with Crippen LogP contribution in [-0.4, -0.2) is 36.6 Å². The maximum atomic E-state index is 13.2. The molecule has 3 N–H and O–H groups in total. The summed E-state index contributed by atoms with van der Waals surface area (Å²) in [7, 11) is 0. The predicted octanol–water partition coefficient (Wildman–Crippen LogP) is 3.08. The zero-order valence-electron chi connectivity index (χ0n) is 13.5. The first-order chi connectivity index (χ1) is 12.1. The number of aliphatic hydroxyl groups excluding tert-OH is 1. The first-order valence-electron chi connectivity index (χ1n) is 7.94. The molecular weight excluding hydrogens is 321 g/mol. The molecule has 0 fully saturated rings. The topological polar surface area (TPSA) is 90.5 Å². The van der Waals surface area contributed by atoms with Crippen molar-refractivity contribution in [1.82, 2.24) is 25.4 Å². The maximum absolute atomic E-state index is 13.2. The highest BCUT2D eigenvalue weighted by Crippen LogP contribution is 2.29. The van der Waals surface area contributed by atoms with Gasteiger partial charge in [0.25, 0.3) is 0 Å². The lowest BCUT2D eigenvalue weighted by molar-refractivity contribution is 0.193. The quantitative estimate of drug-likeness (QED) is 0.534. The lowest BCUT2D eigenvalue weighted by atomic mass is 10.1. The van der Waals surface area contributed by atoms with Crippen LogP contribution in [0.15, 0.2) is 42.5 Å². The molecule has 0 aliphatic rings. The molecule has 2 aromatic heterocycles. The van der Waals surface area contributed by atoms with Crippen LogP contribution in [-0.2, 0) is 6.42 Å². The van der Waals surface area contributed by atoms with Gasteiger partial charge in [-0.05, 0) is 49.4 Å². The van der Waals surface area contributed by atoms with Crippen LogP contribution in [0.2, 0.25) is 0 Å². The highest BCUT2D eigenvalue weighted by Gasteiger charge is 2.12. The minimum absolute atomic E-state index is 0.281. The highest BCUT2D eigenvalue weighted by molar-refractivity contribution is 5.95. The molecule has 4 aromatic rings. The average Bonchev–Trinajstić information content (AvgIpc) is 3.21. The van der Waals surface area contributed by atoms with Crippen LogP contribution in [0, 0.1) is 5.82 Å². The van der Waals surface area contributed by atoms with Crippen LogP contribution in [0.4, 0.5) is 4.39 Å². The number of halogens is 1. The fourth-order valence-corrected chi connectivity index (χ4v) is 2.77. The van der Waals surface area contributed by atoms with Crippen molar-refractivity contribution < 1.29 is 9.50 Å². The molecule has 0 saturated heterocycles. The van der Waals surface area contributed by atoms with E-state index < -0.39 is 6.10 Å². The van der Waals surface area contributed by atoms with Crippen molar-refractivity contribution in [2.24, 2.45) is 0 Å². The number of rotatable bonds is 4. The Morgan fingerprint density at radius 2 is 1.80 bits per heavy atom. The van der Waals surface area contributed by atoms with Gasteiger partial charge in [-0.25, -0.2) is 9.37 Å². The summed E-state index contributed by atoms with van der Waals surface area (Å²) >= 11 is 0. The van der Waals surface area contributed by atoms with Gasteiger partial charge in [0.05, 0.1) is 17.3 Å². The molecule has 0 radical (unpaired) electrons. The third kappa shape index (κ3) is 3.01. The monoisotopic (exact) mass is 337 g/mol. The average molecular weight is 337 g/mol. The van der Waals surface area contributed by atoms with Crippen molar-refractivity contribution in [3.05, 3.63) is 54.1 Å². The summed E-state index contributed by atoms with van der Waals surface area (Å²) < 4.78 is 13.2. The van der Waals surface area contributed by atoms with E-state index in [4.69, 9.17) is 0 Å². The predicted molar refractivity (Wildman–Crippen MR) is 92.2 cm³/mol. The van der Waals surface area contributed by atoms with E-state index in [1.54, 1.807) is 19.1 Å². The van der Waals surface area contributed by atoms with E-state index in [9.17, 15) is 9.50 Å². The van der Waals surface area contributed by atoms with Gasteiger partial charge in [-0.1, -0.05) is 0 Å². The highest BCUT2D eigenvalue weighted by atomic mass is 19.1. The van der Waals surface area contributed by atoms with E-state index >= 15 is 0 Å². The van der Waals surface area contributed by atoms with Crippen molar-refractivity contribution >= 4 is 10.9 Å². The van der Waals surface area contributed by atoms with Gasteiger partial charge in [-0.15, -0.1) is 0 Å². The zero-order valence-corrected chi connectivity index (χ0v) is 13.5. The van der Waals surface area contributed by atoms with Crippen molar-refractivity contribution in [3.63, 3.8) is 0 Å². The molecule has 25 heavy (non-hydrogen) atoms. The number of hydrogen-bond donors (Lipinski definition) is 3. The molecule has 6 nitrogen and oxygen atoms in total. The Hall–Kier alpha value is -3.06. The third-order valence-corrected chi connectivity index (χ3v) is 3.96. The molecule has 126 valence electrons. The van der Waals surface area contributed by atoms with Crippen molar-refractivity contribution in [3.8, 4) is 22.6 Å². The van der Waals surface area contributed by atoms with Gasteiger partial charge < -0.3 is 5.11 Å². The molecule has 4 rings (SSSR count). The Balaban J connectivity index is 1.75. The van der Waals surface area contributed by atoms with Crippen molar-refractivity contribution in [1.29, 1.82) is 0 Å². The Kier molecular flexibility index (Phi) is 3.77. The standard InChI is InChI=1S/C18H16FN5O/c1-10(25)8-16-20-18(24-22-16)12-4-7-15-14(9-12)17(23-21-15)11-2-5-13(19)6-3-11/h2-7,9-10,25H,8H2,1H3,(H,21,23)(H,20,22,24). The van der Waals surface area contributed by atoms with Gasteiger partial charge in [-0.3, -0.25) is 10.2 Å². The molecule has 0 bridgehead atoms. The number of aromatic nitrogens is 5. The summed E-state index contributed by atoms with van der Waals surface area (Å²) in [6.45, 7) is 1.70. The van der Waals surface area contributed by atoms with Gasteiger partial charge in [-0.2, -0.15) is 10.2 Å². The van der Waals surface area contributed by atoms with Crippen LogP contribution in [0.25, 0.3) is 33.5 Å². The summed E-state index contributed by atoms with van der Waals surface area (Å²) in [6.07, 6.45) is -0.101. The molecule has 1 atom stereocenters. The first kappa shape index (κ1) is 15.5. The molecule has 2 heterocycles. The summed E-state index contributed by atoms with van der Waals surface area (Å²) in [6, 6.07) is 12.0. The Labute approximate surface area is 142 Å². The van der Waals surface area contributed by atoms with Crippen molar-refractivity contribution in [2.75, 3.05) is 0 Å². The minimum atomic E-state index is -0.495. The van der Waals surface area contributed by atoms with Crippen LogP contribution in [0.1, 0.15) is 12.7 Å². The van der Waals surface area contributed by atoms with Crippen LogP contribution >= 0.6 is 0 Å².